The molecule has 0 aromatic rings. The summed E-state index contributed by atoms with van der Waals surface area (Å²) in [6.45, 7) is 4.54. The Morgan fingerprint density at radius 3 is 2.27 bits per heavy atom. The van der Waals surface area contributed by atoms with Gasteiger partial charge in [0.05, 0.1) is 5.92 Å². The second-order valence-electron chi connectivity index (χ2n) is 4.46. The first-order valence-electron chi connectivity index (χ1n) is 5.42. The summed E-state index contributed by atoms with van der Waals surface area (Å²) in [4.78, 5) is 2.08. The van der Waals surface area contributed by atoms with Crippen molar-refractivity contribution in [2.45, 2.75) is 25.9 Å². The predicted molar refractivity (Wildman–Crippen MR) is 53.4 cm³/mol. The SMILES string of the molecule is CC(CN)CN1CCC(C(F)(F)F)CC1. The van der Waals surface area contributed by atoms with Crippen LogP contribution in [0, 0.1) is 11.8 Å². The third-order valence-electron chi connectivity index (χ3n) is 3.02. The molecular weight excluding hydrogens is 205 g/mol. The molecule has 1 atom stereocenters. The van der Waals surface area contributed by atoms with Crippen LogP contribution in [0.2, 0.25) is 0 Å². The van der Waals surface area contributed by atoms with Crippen molar-refractivity contribution in [1.82, 2.24) is 4.90 Å². The monoisotopic (exact) mass is 224 g/mol. The Hall–Kier alpha value is -0.290. The van der Waals surface area contributed by atoms with Crippen molar-refractivity contribution in [3.8, 4) is 0 Å². The van der Waals surface area contributed by atoms with Crippen molar-refractivity contribution in [3.63, 3.8) is 0 Å². The Balaban J connectivity index is 2.30. The highest BCUT2D eigenvalue weighted by Crippen LogP contribution is 2.34. The summed E-state index contributed by atoms with van der Waals surface area (Å²) in [5.41, 5.74) is 5.48. The molecule has 0 aromatic heterocycles. The van der Waals surface area contributed by atoms with Gasteiger partial charge < -0.3 is 10.6 Å². The van der Waals surface area contributed by atoms with Crippen LogP contribution in [0.5, 0.6) is 0 Å². The standard InChI is InChI=1S/C10H19F3N2/c1-8(6-14)7-15-4-2-9(3-5-15)10(11,12)13/h8-9H,2-7,14H2,1H3. The molecule has 2 nitrogen and oxygen atoms in total. The Morgan fingerprint density at radius 1 is 1.33 bits per heavy atom. The summed E-state index contributed by atoms with van der Waals surface area (Å²) in [7, 11) is 0. The number of hydrogen-bond donors (Lipinski definition) is 1. The minimum absolute atomic E-state index is 0.237. The van der Waals surface area contributed by atoms with Gasteiger partial charge in [-0.1, -0.05) is 6.92 Å². The Kier molecular flexibility index (Phi) is 4.40. The second-order valence-corrected chi connectivity index (χ2v) is 4.46. The van der Waals surface area contributed by atoms with Crippen molar-refractivity contribution < 1.29 is 13.2 Å². The minimum Gasteiger partial charge on any atom is -0.330 e. The van der Waals surface area contributed by atoms with Gasteiger partial charge in [0.25, 0.3) is 0 Å². The molecule has 15 heavy (non-hydrogen) atoms. The lowest BCUT2D eigenvalue weighted by Gasteiger charge is -2.34. The van der Waals surface area contributed by atoms with Gasteiger partial charge in [0.1, 0.15) is 0 Å². The van der Waals surface area contributed by atoms with Crippen molar-refractivity contribution in [3.05, 3.63) is 0 Å². The molecule has 1 saturated heterocycles. The number of likely N-dealkylation sites (tertiary alicyclic amines) is 1. The summed E-state index contributed by atoms with van der Waals surface area (Å²) in [5.74, 6) is -0.727. The maximum Gasteiger partial charge on any atom is 0.391 e. The first-order chi connectivity index (χ1) is 6.93. The summed E-state index contributed by atoms with van der Waals surface area (Å²) in [5, 5.41) is 0. The van der Waals surface area contributed by atoms with Crippen LogP contribution in [0.4, 0.5) is 13.2 Å². The average molecular weight is 224 g/mol. The van der Waals surface area contributed by atoms with Crippen molar-refractivity contribution in [2.75, 3.05) is 26.2 Å². The van der Waals surface area contributed by atoms with Crippen LogP contribution in [0.25, 0.3) is 0 Å². The third-order valence-corrected chi connectivity index (χ3v) is 3.02. The van der Waals surface area contributed by atoms with Gasteiger partial charge in [-0.2, -0.15) is 13.2 Å². The maximum atomic E-state index is 12.4. The summed E-state index contributed by atoms with van der Waals surface area (Å²) < 4.78 is 37.1. The zero-order valence-electron chi connectivity index (χ0n) is 9.06. The molecule has 2 N–H and O–H groups in total. The summed E-state index contributed by atoms with van der Waals surface area (Å²) in [6, 6.07) is 0. The van der Waals surface area contributed by atoms with E-state index >= 15 is 0 Å². The van der Waals surface area contributed by atoms with E-state index in [9.17, 15) is 13.2 Å². The van der Waals surface area contributed by atoms with Crippen LogP contribution in [0.1, 0.15) is 19.8 Å². The lowest BCUT2D eigenvalue weighted by atomic mass is 9.95. The van der Waals surface area contributed by atoms with Crippen LogP contribution < -0.4 is 5.73 Å². The van der Waals surface area contributed by atoms with E-state index < -0.39 is 12.1 Å². The molecule has 0 saturated carbocycles. The van der Waals surface area contributed by atoms with E-state index in [0.717, 1.165) is 6.54 Å². The van der Waals surface area contributed by atoms with Gasteiger partial charge >= 0.3 is 6.18 Å². The molecule has 1 fully saturated rings. The normalized spacial score (nSPS) is 23.0. The molecular formula is C10H19F3N2. The Morgan fingerprint density at radius 2 is 1.87 bits per heavy atom. The molecule has 0 aliphatic carbocycles. The number of halogens is 3. The van der Waals surface area contributed by atoms with Crippen molar-refractivity contribution in [1.29, 1.82) is 0 Å². The van der Waals surface area contributed by atoms with Crippen molar-refractivity contribution in [2.24, 2.45) is 17.6 Å². The fraction of sp³-hybridized carbons (Fsp3) is 1.00. The molecule has 1 aliphatic heterocycles. The molecule has 0 bridgehead atoms. The van der Waals surface area contributed by atoms with E-state index in [-0.39, 0.29) is 12.8 Å². The lowest BCUT2D eigenvalue weighted by Crippen LogP contribution is -2.41. The zero-order valence-corrected chi connectivity index (χ0v) is 9.06. The molecule has 0 aromatic carbocycles. The van der Waals surface area contributed by atoms with Gasteiger partial charge in [-0.05, 0) is 38.4 Å². The lowest BCUT2D eigenvalue weighted by molar-refractivity contribution is -0.185. The second kappa shape index (κ2) is 5.16. The Labute approximate surface area is 88.6 Å². The van der Waals surface area contributed by atoms with E-state index in [1.165, 1.54) is 0 Å². The average Bonchev–Trinajstić information content (AvgIpc) is 2.17. The highest BCUT2D eigenvalue weighted by Gasteiger charge is 2.40. The number of nitrogens with zero attached hydrogens (tertiary/aromatic N) is 1. The third kappa shape index (κ3) is 3.99. The van der Waals surface area contributed by atoms with E-state index in [0.29, 0.717) is 25.6 Å². The summed E-state index contributed by atoms with van der Waals surface area (Å²) in [6.07, 6.45) is -3.53. The van der Waals surface area contributed by atoms with Crippen LogP contribution >= 0.6 is 0 Å². The molecule has 0 amide bonds. The van der Waals surface area contributed by atoms with E-state index in [1.807, 2.05) is 6.92 Å². The van der Waals surface area contributed by atoms with Crippen LogP contribution in [0.3, 0.4) is 0 Å². The number of rotatable bonds is 3. The molecule has 1 unspecified atom stereocenters. The smallest absolute Gasteiger partial charge is 0.330 e. The molecule has 90 valence electrons. The zero-order chi connectivity index (χ0) is 11.5. The highest BCUT2D eigenvalue weighted by molar-refractivity contribution is 4.77. The van der Waals surface area contributed by atoms with Gasteiger partial charge in [0.15, 0.2) is 0 Å². The first-order valence-corrected chi connectivity index (χ1v) is 5.42. The van der Waals surface area contributed by atoms with Gasteiger partial charge in [-0.15, -0.1) is 0 Å². The van der Waals surface area contributed by atoms with Crippen LogP contribution in [-0.4, -0.2) is 37.3 Å². The number of piperidine rings is 1. The van der Waals surface area contributed by atoms with Crippen molar-refractivity contribution >= 4 is 0 Å². The van der Waals surface area contributed by atoms with E-state index in [1.54, 1.807) is 0 Å². The molecule has 0 spiro atoms. The predicted octanol–water partition coefficient (Wildman–Crippen LogP) is 1.86. The first kappa shape index (κ1) is 12.8. The van der Waals surface area contributed by atoms with E-state index in [4.69, 9.17) is 5.73 Å². The minimum atomic E-state index is -4.01. The fourth-order valence-electron chi connectivity index (χ4n) is 1.96. The topological polar surface area (TPSA) is 29.3 Å². The summed E-state index contributed by atoms with van der Waals surface area (Å²) >= 11 is 0. The maximum absolute atomic E-state index is 12.4. The van der Waals surface area contributed by atoms with Gasteiger partial charge in [-0.3, -0.25) is 0 Å². The highest BCUT2D eigenvalue weighted by atomic mass is 19.4. The van der Waals surface area contributed by atoms with Crippen LogP contribution in [-0.2, 0) is 0 Å². The van der Waals surface area contributed by atoms with Gasteiger partial charge in [-0.25, -0.2) is 0 Å². The molecule has 1 rings (SSSR count). The largest absolute Gasteiger partial charge is 0.391 e. The number of alkyl halides is 3. The molecule has 5 heteroatoms. The fourth-order valence-corrected chi connectivity index (χ4v) is 1.96. The number of hydrogen-bond acceptors (Lipinski definition) is 2. The molecule has 1 aliphatic rings. The van der Waals surface area contributed by atoms with Crippen LogP contribution in [0.15, 0.2) is 0 Å². The number of nitrogens with two attached hydrogens (primary N) is 1. The van der Waals surface area contributed by atoms with Gasteiger partial charge in [0, 0.05) is 6.54 Å². The molecule has 0 radical (unpaired) electrons. The Bertz CT molecular complexity index is 186. The quantitative estimate of drug-likeness (QED) is 0.792. The van der Waals surface area contributed by atoms with E-state index in [2.05, 4.69) is 4.90 Å². The van der Waals surface area contributed by atoms with Gasteiger partial charge in [0.2, 0.25) is 0 Å². The molecule has 1 heterocycles.